The number of aliphatic hydroxyl groups is 1. The van der Waals surface area contributed by atoms with Crippen LogP contribution in [0, 0.1) is 0 Å². The molecule has 0 bridgehead atoms. The van der Waals surface area contributed by atoms with Crippen LogP contribution < -0.4 is 10.1 Å². The zero-order valence-electron chi connectivity index (χ0n) is 12.9. The van der Waals surface area contributed by atoms with Crippen LogP contribution in [0.2, 0.25) is 0 Å². The molecule has 0 aliphatic heterocycles. The third-order valence-electron chi connectivity index (χ3n) is 3.62. The minimum absolute atomic E-state index is 0.271. The standard InChI is InChI=1S/C18H21N3O2/c22-17(13-19-9-11-21-10-3-8-20-21)14-23-18-7-6-15-4-1-2-5-16(15)12-18/h1-8,10,12,17,19,22H,9,11,13-14H2/t17-/m0/s1. The first-order chi connectivity index (χ1) is 11.3. The van der Waals surface area contributed by atoms with Crippen LogP contribution in [0.5, 0.6) is 5.75 Å². The second-order valence-corrected chi connectivity index (χ2v) is 5.45. The van der Waals surface area contributed by atoms with Gasteiger partial charge >= 0.3 is 0 Å². The lowest BCUT2D eigenvalue weighted by Crippen LogP contribution is -2.33. The Bertz CT molecular complexity index is 728. The molecule has 0 fully saturated rings. The van der Waals surface area contributed by atoms with Gasteiger partial charge in [0.2, 0.25) is 0 Å². The molecule has 1 heterocycles. The highest BCUT2D eigenvalue weighted by atomic mass is 16.5. The number of aliphatic hydroxyl groups excluding tert-OH is 1. The maximum atomic E-state index is 9.97. The van der Waals surface area contributed by atoms with E-state index in [0.717, 1.165) is 24.2 Å². The third-order valence-corrected chi connectivity index (χ3v) is 3.62. The summed E-state index contributed by atoms with van der Waals surface area (Å²) in [6.07, 6.45) is 3.13. The second-order valence-electron chi connectivity index (χ2n) is 5.45. The van der Waals surface area contributed by atoms with E-state index in [1.165, 1.54) is 5.39 Å². The molecule has 5 nitrogen and oxygen atoms in total. The van der Waals surface area contributed by atoms with Gasteiger partial charge in [0.1, 0.15) is 18.5 Å². The molecule has 0 aliphatic carbocycles. The van der Waals surface area contributed by atoms with Gasteiger partial charge < -0.3 is 15.2 Å². The molecule has 3 aromatic rings. The molecule has 23 heavy (non-hydrogen) atoms. The summed E-state index contributed by atoms with van der Waals surface area (Å²) in [6.45, 7) is 2.31. The monoisotopic (exact) mass is 311 g/mol. The van der Waals surface area contributed by atoms with E-state index in [2.05, 4.69) is 22.5 Å². The van der Waals surface area contributed by atoms with Crippen LogP contribution in [0.4, 0.5) is 0 Å². The van der Waals surface area contributed by atoms with Gasteiger partial charge in [0.05, 0.1) is 6.54 Å². The smallest absolute Gasteiger partial charge is 0.120 e. The van der Waals surface area contributed by atoms with E-state index in [1.807, 2.05) is 47.3 Å². The fraction of sp³-hybridized carbons (Fsp3) is 0.278. The summed E-state index contributed by atoms with van der Waals surface area (Å²) < 4.78 is 7.52. The van der Waals surface area contributed by atoms with Crippen LogP contribution in [-0.2, 0) is 6.54 Å². The average Bonchev–Trinajstić information content (AvgIpc) is 3.10. The molecule has 5 heteroatoms. The Balaban J connectivity index is 1.40. The maximum Gasteiger partial charge on any atom is 0.120 e. The van der Waals surface area contributed by atoms with Gasteiger partial charge in [-0.25, -0.2) is 0 Å². The number of hydrogen-bond acceptors (Lipinski definition) is 4. The van der Waals surface area contributed by atoms with Crippen LogP contribution in [0.1, 0.15) is 0 Å². The molecular weight excluding hydrogens is 290 g/mol. The lowest BCUT2D eigenvalue weighted by Gasteiger charge is -2.13. The van der Waals surface area contributed by atoms with Crippen molar-refractivity contribution >= 4 is 10.8 Å². The van der Waals surface area contributed by atoms with Crippen molar-refractivity contribution in [2.45, 2.75) is 12.6 Å². The Hall–Kier alpha value is -2.37. The zero-order chi connectivity index (χ0) is 15.9. The van der Waals surface area contributed by atoms with E-state index in [1.54, 1.807) is 6.20 Å². The van der Waals surface area contributed by atoms with Crippen LogP contribution in [0.25, 0.3) is 10.8 Å². The highest BCUT2D eigenvalue weighted by Crippen LogP contribution is 2.20. The minimum atomic E-state index is -0.543. The van der Waals surface area contributed by atoms with Crippen molar-refractivity contribution < 1.29 is 9.84 Å². The summed E-state index contributed by atoms with van der Waals surface area (Å²) >= 11 is 0. The zero-order valence-corrected chi connectivity index (χ0v) is 12.9. The number of rotatable bonds is 8. The third kappa shape index (κ3) is 4.55. The quantitative estimate of drug-likeness (QED) is 0.625. The van der Waals surface area contributed by atoms with E-state index in [0.29, 0.717) is 6.54 Å². The Kier molecular flexibility index (Phi) is 5.24. The molecular formula is C18H21N3O2. The highest BCUT2D eigenvalue weighted by Gasteiger charge is 2.05. The van der Waals surface area contributed by atoms with E-state index >= 15 is 0 Å². The van der Waals surface area contributed by atoms with Gasteiger partial charge in [-0.05, 0) is 29.0 Å². The van der Waals surface area contributed by atoms with Gasteiger partial charge in [-0.3, -0.25) is 4.68 Å². The fourth-order valence-corrected chi connectivity index (χ4v) is 2.40. The van der Waals surface area contributed by atoms with Crippen molar-refractivity contribution in [3.8, 4) is 5.75 Å². The van der Waals surface area contributed by atoms with Crippen molar-refractivity contribution in [2.24, 2.45) is 0 Å². The summed E-state index contributed by atoms with van der Waals surface area (Å²) in [4.78, 5) is 0. The van der Waals surface area contributed by atoms with E-state index in [4.69, 9.17) is 4.74 Å². The first-order valence-corrected chi connectivity index (χ1v) is 7.79. The summed E-state index contributed by atoms with van der Waals surface area (Å²) in [5, 5.41) is 19.6. The largest absolute Gasteiger partial charge is 0.491 e. The predicted octanol–water partition coefficient (Wildman–Crippen LogP) is 2.07. The minimum Gasteiger partial charge on any atom is -0.491 e. The van der Waals surface area contributed by atoms with Crippen molar-refractivity contribution in [1.29, 1.82) is 0 Å². The molecule has 0 amide bonds. The topological polar surface area (TPSA) is 59.3 Å². The summed E-state index contributed by atoms with van der Waals surface area (Å²) in [5.41, 5.74) is 0. The molecule has 1 atom stereocenters. The van der Waals surface area contributed by atoms with Crippen molar-refractivity contribution in [1.82, 2.24) is 15.1 Å². The summed E-state index contributed by atoms with van der Waals surface area (Å²) in [7, 11) is 0. The van der Waals surface area contributed by atoms with Gasteiger partial charge in [-0.2, -0.15) is 5.10 Å². The first-order valence-electron chi connectivity index (χ1n) is 7.79. The Morgan fingerprint density at radius 3 is 2.83 bits per heavy atom. The molecule has 120 valence electrons. The number of nitrogens with zero attached hydrogens (tertiary/aromatic N) is 2. The first kappa shape index (κ1) is 15.5. The average molecular weight is 311 g/mol. The SMILES string of the molecule is O[C@@H](CNCCn1cccn1)COc1ccc2ccccc2c1. The van der Waals surface area contributed by atoms with Gasteiger partial charge in [-0.15, -0.1) is 0 Å². The van der Waals surface area contributed by atoms with E-state index < -0.39 is 6.10 Å². The predicted molar refractivity (Wildman–Crippen MR) is 90.5 cm³/mol. The maximum absolute atomic E-state index is 9.97. The molecule has 0 spiro atoms. The normalized spacial score (nSPS) is 12.4. The number of nitrogens with one attached hydrogen (secondary N) is 1. The van der Waals surface area contributed by atoms with E-state index in [-0.39, 0.29) is 6.61 Å². The van der Waals surface area contributed by atoms with Gasteiger partial charge in [0.15, 0.2) is 0 Å². The fourth-order valence-electron chi connectivity index (χ4n) is 2.40. The van der Waals surface area contributed by atoms with Crippen molar-refractivity contribution in [2.75, 3.05) is 19.7 Å². The number of benzene rings is 2. The van der Waals surface area contributed by atoms with E-state index in [9.17, 15) is 5.11 Å². The number of hydrogen-bond donors (Lipinski definition) is 2. The summed E-state index contributed by atoms with van der Waals surface area (Å²) in [6, 6.07) is 16.0. The van der Waals surface area contributed by atoms with Crippen molar-refractivity contribution in [3.05, 3.63) is 60.9 Å². The highest BCUT2D eigenvalue weighted by molar-refractivity contribution is 5.83. The molecule has 3 rings (SSSR count). The number of aromatic nitrogens is 2. The summed E-state index contributed by atoms with van der Waals surface area (Å²) in [5.74, 6) is 0.777. The Morgan fingerprint density at radius 2 is 2.00 bits per heavy atom. The molecule has 0 saturated carbocycles. The van der Waals surface area contributed by atoms with Crippen LogP contribution in [0.15, 0.2) is 60.9 Å². The van der Waals surface area contributed by atoms with Gasteiger partial charge in [-0.1, -0.05) is 30.3 Å². The molecule has 2 N–H and O–H groups in total. The van der Waals surface area contributed by atoms with Crippen LogP contribution in [-0.4, -0.2) is 40.7 Å². The number of fused-ring (bicyclic) bond motifs is 1. The van der Waals surface area contributed by atoms with Gasteiger partial charge in [0.25, 0.3) is 0 Å². The lowest BCUT2D eigenvalue weighted by molar-refractivity contribution is 0.106. The molecule has 1 aromatic heterocycles. The molecule has 0 saturated heterocycles. The Morgan fingerprint density at radius 1 is 1.13 bits per heavy atom. The van der Waals surface area contributed by atoms with Crippen LogP contribution >= 0.6 is 0 Å². The lowest BCUT2D eigenvalue weighted by atomic mass is 10.1. The van der Waals surface area contributed by atoms with Crippen LogP contribution in [0.3, 0.4) is 0 Å². The molecule has 2 aromatic carbocycles. The Labute approximate surface area is 135 Å². The van der Waals surface area contributed by atoms with Gasteiger partial charge in [0, 0.05) is 25.5 Å². The van der Waals surface area contributed by atoms with Crippen molar-refractivity contribution in [3.63, 3.8) is 0 Å². The molecule has 0 unspecified atom stereocenters. The molecule has 0 radical (unpaired) electrons. The number of ether oxygens (including phenoxy) is 1. The second kappa shape index (κ2) is 7.76. The molecule has 0 aliphatic rings.